The molecule has 10 heavy (non-hydrogen) atoms. The fourth-order valence-electron chi connectivity index (χ4n) is 0.799. The van der Waals surface area contributed by atoms with Gasteiger partial charge in [-0.2, -0.15) is 0 Å². The molecule has 54 valence electrons. The second-order valence-corrected chi connectivity index (χ2v) is 2.91. The van der Waals surface area contributed by atoms with E-state index in [-0.39, 0.29) is 0 Å². The molecule has 1 aromatic carbocycles. The summed E-state index contributed by atoms with van der Waals surface area (Å²) in [6, 6.07) is 8.17. The number of hydrogen-bond acceptors (Lipinski definition) is 1. The number of benzene rings is 1. The van der Waals surface area contributed by atoms with Crippen LogP contribution in [0.25, 0.3) is 0 Å². The van der Waals surface area contributed by atoms with Crippen LogP contribution >= 0.6 is 0 Å². The SMILES string of the molecule is COc1cccc(C[AsH2])c1. The summed E-state index contributed by atoms with van der Waals surface area (Å²) >= 11 is 1.72. The molecule has 0 heterocycles. The van der Waals surface area contributed by atoms with Gasteiger partial charge in [0.1, 0.15) is 0 Å². The molecule has 0 aliphatic heterocycles. The zero-order valence-corrected chi connectivity index (χ0v) is 8.42. The molecule has 0 saturated carbocycles. The Balaban J connectivity index is 2.87. The first-order valence-corrected chi connectivity index (χ1v) is 4.91. The van der Waals surface area contributed by atoms with Gasteiger partial charge in [0, 0.05) is 0 Å². The van der Waals surface area contributed by atoms with Gasteiger partial charge in [-0.3, -0.25) is 0 Å². The normalized spacial score (nSPS) is 9.40. The maximum absolute atomic E-state index is 5.06. The van der Waals surface area contributed by atoms with E-state index in [1.54, 1.807) is 24.0 Å². The zero-order valence-electron chi connectivity index (χ0n) is 6.00. The molecule has 0 aliphatic carbocycles. The average molecular weight is 198 g/mol. The molecule has 0 N–H and O–H groups in total. The second-order valence-electron chi connectivity index (χ2n) is 2.06. The van der Waals surface area contributed by atoms with Crippen molar-refractivity contribution in [3.05, 3.63) is 29.8 Å². The quantitative estimate of drug-likeness (QED) is 0.639. The van der Waals surface area contributed by atoms with Gasteiger partial charge >= 0.3 is 69.5 Å². The molecule has 0 aliphatic rings. The van der Waals surface area contributed by atoms with Crippen molar-refractivity contribution in [3.63, 3.8) is 0 Å². The molecule has 0 amide bonds. The first-order valence-electron chi connectivity index (χ1n) is 3.20. The molecular weight excluding hydrogens is 187 g/mol. The maximum atomic E-state index is 5.06. The first kappa shape index (κ1) is 7.68. The van der Waals surface area contributed by atoms with E-state index < -0.39 is 0 Å². The monoisotopic (exact) mass is 198 g/mol. The van der Waals surface area contributed by atoms with Crippen molar-refractivity contribution in [1.82, 2.24) is 0 Å². The number of hydrogen-bond donors (Lipinski definition) is 0. The molecule has 2 heteroatoms. The van der Waals surface area contributed by atoms with E-state index in [2.05, 4.69) is 12.1 Å². The van der Waals surface area contributed by atoms with Crippen molar-refractivity contribution in [2.75, 3.05) is 7.11 Å². The van der Waals surface area contributed by atoms with Gasteiger partial charge in [0.15, 0.2) is 0 Å². The Bertz CT molecular complexity index is 191. The molecular formula is C8H11AsO. The molecule has 1 unspecified atom stereocenters. The van der Waals surface area contributed by atoms with Crippen LogP contribution in [-0.4, -0.2) is 24.0 Å². The van der Waals surface area contributed by atoms with Crippen LogP contribution in [0.5, 0.6) is 5.75 Å². The standard InChI is InChI=1S/C8H11AsO/c1-10-8-4-2-3-7(5-8)6-9/h2-5H,6,9H2,1H3. The van der Waals surface area contributed by atoms with Crippen molar-refractivity contribution in [1.29, 1.82) is 0 Å². The zero-order chi connectivity index (χ0) is 7.40. The molecule has 0 bridgehead atoms. The van der Waals surface area contributed by atoms with E-state index >= 15 is 0 Å². The second kappa shape index (κ2) is 3.68. The van der Waals surface area contributed by atoms with Crippen LogP contribution in [0.3, 0.4) is 0 Å². The summed E-state index contributed by atoms with van der Waals surface area (Å²) in [6.45, 7) is 0. The Morgan fingerprint density at radius 3 is 2.90 bits per heavy atom. The Kier molecular flexibility index (Phi) is 2.82. The van der Waals surface area contributed by atoms with Gasteiger partial charge in [-0.15, -0.1) is 0 Å². The van der Waals surface area contributed by atoms with Gasteiger partial charge in [0.05, 0.1) is 0 Å². The van der Waals surface area contributed by atoms with Crippen LogP contribution in [0.2, 0.25) is 0 Å². The van der Waals surface area contributed by atoms with E-state index in [9.17, 15) is 0 Å². The molecule has 0 spiro atoms. The van der Waals surface area contributed by atoms with Gasteiger partial charge in [0.2, 0.25) is 0 Å². The number of ether oxygens (including phenoxy) is 1. The summed E-state index contributed by atoms with van der Waals surface area (Å²) < 4.78 is 5.06. The first-order chi connectivity index (χ1) is 4.86. The fourth-order valence-corrected chi connectivity index (χ4v) is 1.33. The van der Waals surface area contributed by atoms with Crippen molar-refractivity contribution < 1.29 is 4.74 Å². The Hall–Kier alpha value is -0.422. The number of rotatable bonds is 2. The van der Waals surface area contributed by atoms with Gasteiger partial charge in [0.25, 0.3) is 0 Å². The minimum absolute atomic E-state index is 0.954. The van der Waals surface area contributed by atoms with Gasteiger partial charge in [-0.05, 0) is 0 Å². The van der Waals surface area contributed by atoms with Crippen molar-refractivity contribution >= 4 is 16.9 Å². The van der Waals surface area contributed by atoms with Crippen molar-refractivity contribution in [3.8, 4) is 5.75 Å². The Labute approximate surface area is 69.9 Å². The van der Waals surface area contributed by atoms with E-state index in [0.29, 0.717) is 0 Å². The van der Waals surface area contributed by atoms with Crippen molar-refractivity contribution in [2.45, 2.75) is 5.21 Å². The Morgan fingerprint density at radius 2 is 2.30 bits per heavy atom. The molecule has 0 saturated heterocycles. The average Bonchev–Trinajstić information content (AvgIpc) is 2.05. The van der Waals surface area contributed by atoms with E-state index in [1.807, 2.05) is 12.1 Å². The third-order valence-electron chi connectivity index (χ3n) is 1.37. The van der Waals surface area contributed by atoms with E-state index in [4.69, 9.17) is 4.74 Å². The van der Waals surface area contributed by atoms with Crippen LogP contribution in [0.15, 0.2) is 24.3 Å². The third kappa shape index (κ3) is 1.78. The van der Waals surface area contributed by atoms with E-state index in [0.717, 1.165) is 11.0 Å². The summed E-state index contributed by atoms with van der Waals surface area (Å²) in [5, 5.41) is 1.13. The molecule has 0 aromatic heterocycles. The minimum atomic E-state index is 0.954. The predicted octanol–water partition coefficient (Wildman–Crippen LogP) is 0.828. The van der Waals surface area contributed by atoms with Crippen LogP contribution in [0.4, 0.5) is 0 Å². The van der Waals surface area contributed by atoms with Crippen LogP contribution < -0.4 is 4.74 Å². The molecule has 1 atom stereocenters. The van der Waals surface area contributed by atoms with Gasteiger partial charge in [-0.1, -0.05) is 0 Å². The topological polar surface area (TPSA) is 9.23 Å². The molecule has 0 radical (unpaired) electrons. The van der Waals surface area contributed by atoms with Gasteiger partial charge in [-0.25, -0.2) is 0 Å². The molecule has 1 rings (SSSR count). The number of methoxy groups -OCH3 is 1. The fraction of sp³-hybridized carbons (Fsp3) is 0.250. The van der Waals surface area contributed by atoms with Crippen LogP contribution in [0.1, 0.15) is 5.56 Å². The molecule has 1 aromatic rings. The summed E-state index contributed by atoms with van der Waals surface area (Å²) in [5.41, 5.74) is 1.35. The summed E-state index contributed by atoms with van der Waals surface area (Å²) in [6.07, 6.45) is 0. The third-order valence-corrected chi connectivity index (χ3v) is 2.36. The van der Waals surface area contributed by atoms with Gasteiger partial charge < -0.3 is 0 Å². The van der Waals surface area contributed by atoms with E-state index in [1.165, 1.54) is 5.56 Å². The van der Waals surface area contributed by atoms with Crippen molar-refractivity contribution in [2.24, 2.45) is 0 Å². The summed E-state index contributed by atoms with van der Waals surface area (Å²) in [5.74, 6) is 0.954. The summed E-state index contributed by atoms with van der Waals surface area (Å²) in [4.78, 5) is 0. The molecule has 1 nitrogen and oxygen atoms in total. The summed E-state index contributed by atoms with van der Waals surface area (Å²) in [7, 11) is 1.69. The molecule has 0 fully saturated rings. The van der Waals surface area contributed by atoms with Crippen LogP contribution in [-0.2, 0) is 5.21 Å². The van der Waals surface area contributed by atoms with Crippen LogP contribution in [0, 0.1) is 0 Å². The predicted molar refractivity (Wildman–Crippen MR) is 45.2 cm³/mol. The Morgan fingerprint density at radius 1 is 1.50 bits per heavy atom.